The Morgan fingerprint density at radius 3 is 2.38 bits per heavy atom. The number of carbonyl (C=O) groups is 2. The summed E-state index contributed by atoms with van der Waals surface area (Å²) in [5, 5.41) is 10.4. The predicted molar refractivity (Wildman–Crippen MR) is 101 cm³/mol. The molecule has 26 heavy (non-hydrogen) atoms. The third kappa shape index (κ3) is 3.88. The molecule has 0 aliphatic carbocycles. The van der Waals surface area contributed by atoms with Crippen LogP contribution in [0.5, 0.6) is 0 Å². The van der Waals surface area contributed by atoms with Crippen molar-refractivity contribution in [3.05, 3.63) is 70.2 Å². The highest BCUT2D eigenvalue weighted by Crippen LogP contribution is 2.37. The zero-order chi connectivity index (χ0) is 18.8. The zero-order valence-electron chi connectivity index (χ0n) is 14.9. The van der Waals surface area contributed by atoms with E-state index in [-0.39, 0.29) is 18.1 Å². The van der Waals surface area contributed by atoms with Gasteiger partial charge in [-0.25, -0.2) is 0 Å². The Bertz CT molecular complexity index is 799. The van der Waals surface area contributed by atoms with Crippen molar-refractivity contribution in [2.24, 2.45) is 5.92 Å². The van der Waals surface area contributed by atoms with Gasteiger partial charge in [-0.15, -0.1) is 0 Å². The molecule has 0 amide bonds. The first-order chi connectivity index (χ1) is 12.4. The van der Waals surface area contributed by atoms with Crippen molar-refractivity contribution in [2.45, 2.75) is 26.0 Å². The number of hydrogen-bond donors (Lipinski definition) is 1. The summed E-state index contributed by atoms with van der Waals surface area (Å²) in [4.78, 5) is 27.7. The van der Waals surface area contributed by atoms with E-state index in [1.807, 2.05) is 36.1 Å². The van der Waals surface area contributed by atoms with Crippen molar-refractivity contribution in [3.8, 4) is 0 Å². The summed E-state index contributed by atoms with van der Waals surface area (Å²) in [6, 6.07) is 14.1. The lowest BCUT2D eigenvalue weighted by molar-refractivity contribution is -0.118. The molecule has 1 N–H and O–H groups in total. The lowest BCUT2D eigenvalue weighted by Crippen LogP contribution is -2.33. The van der Waals surface area contributed by atoms with Gasteiger partial charge in [0.05, 0.1) is 18.7 Å². The SMILES string of the molecule is Cc1ccc(C(=O)C2C(=O)CN(CC(C)O)C2c2ccc(Cl)cc2)cc1. The maximum Gasteiger partial charge on any atom is 0.175 e. The van der Waals surface area contributed by atoms with Gasteiger partial charge in [0.25, 0.3) is 0 Å². The van der Waals surface area contributed by atoms with Gasteiger partial charge in [-0.1, -0.05) is 53.6 Å². The molecule has 1 heterocycles. The third-order valence-electron chi connectivity index (χ3n) is 4.74. The van der Waals surface area contributed by atoms with E-state index in [2.05, 4.69) is 0 Å². The summed E-state index contributed by atoms with van der Waals surface area (Å²) < 4.78 is 0. The number of Topliss-reactive ketones (excluding diaryl/α,β-unsaturated/α-hetero) is 2. The quantitative estimate of drug-likeness (QED) is 0.646. The fourth-order valence-corrected chi connectivity index (χ4v) is 3.68. The van der Waals surface area contributed by atoms with Crippen molar-refractivity contribution in [2.75, 3.05) is 13.1 Å². The lowest BCUT2D eigenvalue weighted by atomic mass is 9.86. The Labute approximate surface area is 158 Å². The molecule has 136 valence electrons. The number of rotatable bonds is 5. The first-order valence-electron chi connectivity index (χ1n) is 8.68. The number of hydrogen-bond acceptors (Lipinski definition) is 4. The Morgan fingerprint density at radius 1 is 1.19 bits per heavy atom. The molecule has 2 aromatic rings. The molecule has 0 spiro atoms. The number of β-amino-alcohol motifs (C(OH)–C–C–N with tert-alkyl or cyclic N) is 1. The zero-order valence-corrected chi connectivity index (χ0v) is 15.6. The lowest BCUT2D eigenvalue weighted by Gasteiger charge is -2.28. The van der Waals surface area contributed by atoms with Gasteiger partial charge in [-0.3, -0.25) is 14.5 Å². The van der Waals surface area contributed by atoms with E-state index in [4.69, 9.17) is 11.6 Å². The van der Waals surface area contributed by atoms with Crippen LogP contribution in [0, 0.1) is 12.8 Å². The van der Waals surface area contributed by atoms with Gasteiger partial charge < -0.3 is 5.11 Å². The Hall–Kier alpha value is -2.01. The van der Waals surface area contributed by atoms with Gasteiger partial charge in [-0.05, 0) is 31.5 Å². The minimum Gasteiger partial charge on any atom is -0.392 e. The smallest absolute Gasteiger partial charge is 0.175 e. The molecule has 0 aromatic heterocycles. The second kappa shape index (κ2) is 7.70. The van der Waals surface area contributed by atoms with Gasteiger partial charge in [0, 0.05) is 17.1 Å². The number of aliphatic hydroxyl groups excluding tert-OH is 1. The van der Waals surface area contributed by atoms with Crippen molar-refractivity contribution >= 4 is 23.2 Å². The first kappa shape index (κ1) is 18.8. The van der Waals surface area contributed by atoms with E-state index in [0.29, 0.717) is 17.1 Å². The fraction of sp³-hybridized carbons (Fsp3) is 0.333. The van der Waals surface area contributed by atoms with Crippen LogP contribution in [0.2, 0.25) is 5.02 Å². The number of ketones is 2. The molecule has 0 radical (unpaired) electrons. The van der Waals surface area contributed by atoms with E-state index in [0.717, 1.165) is 11.1 Å². The number of carbonyl (C=O) groups excluding carboxylic acids is 2. The highest BCUT2D eigenvalue weighted by atomic mass is 35.5. The molecule has 3 atom stereocenters. The second-order valence-electron chi connectivity index (χ2n) is 6.95. The number of aliphatic hydroxyl groups is 1. The van der Waals surface area contributed by atoms with E-state index in [1.165, 1.54) is 0 Å². The molecule has 1 fully saturated rings. The third-order valence-corrected chi connectivity index (χ3v) is 5.00. The van der Waals surface area contributed by atoms with Crippen molar-refractivity contribution < 1.29 is 14.7 Å². The van der Waals surface area contributed by atoms with E-state index in [9.17, 15) is 14.7 Å². The Kier molecular flexibility index (Phi) is 5.56. The molecule has 3 rings (SSSR count). The predicted octanol–water partition coefficient (Wildman–Crippen LogP) is 3.45. The maximum atomic E-state index is 13.1. The molecule has 3 unspecified atom stereocenters. The van der Waals surface area contributed by atoms with Crippen LogP contribution in [0.15, 0.2) is 48.5 Å². The highest BCUT2D eigenvalue weighted by Gasteiger charge is 2.46. The van der Waals surface area contributed by atoms with Crippen LogP contribution in [0.3, 0.4) is 0 Å². The van der Waals surface area contributed by atoms with Crippen LogP contribution in [-0.2, 0) is 4.79 Å². The minimum absolute atomic E-state index is 0.115. The molecule has 1 aliphatic heterocycles. The minimum atomic E-state index is -0.780. The van der Waals surface area contributed by atoms with Crippen molar-refractivity contribution in [1.82, 2.24) is 4.90 Å². The second-order valence-corrected chi connectivity index (χ2v) is 7.39. The molecule has 5 heteroatoms. The van der Waals surface area contributed by atoms with E-state index in [1.54, 1.807) is 31.2 Å². The van der Waals surface area contributed by atoms with Crippen LogP contribution < -0.4 is 0 Å². The molecule has 0 saturated carbocycles. The molecule has 1 aliphatic rings. The van der Waals surface area contributed by atoms with E-state index >= 15 is 0 Å². The summed E-state index contributed by atoms with van der Waals surface area (Å²) in [7, 11) is 0. The number of halogens is 1. The summed E-state index contributed by atoms with van der Waals surface area (Å²) in [5.74, 6) is -1.07. The average Bonchev–Trinajstić information content (AvgIpc) is 2.91. The van der Waals surface area contributed by atoms with Crippen molar-refractivity contribution in [1.29, 1.82) is 0 Å². The van der Waals surface area contributed by atoms with Gasteiger partial charge in [-0.2, -0.15) is 0 Å². The molecular weight excluding hydrogens is 350 g/mol. The van der Waals surface area contributed by atoms with Crippen LogP contribution in [0.1, 0.15) is 34.5 Å². The number of aryl methyl sites for hydroxylation is 1. The monoisotopic (exact) mass is 371 g/mol. The van der Waals surface area contributed by atoms with Crippen LogP contribution in [-0.4, -0.2) is 40.8 Å². The molecular formula is C21H22ClNO3. The summed E-state index contributed by atoms with van der Waals surface area (Å²) in [6.45, 7) is 4.12. The van der Waals surface area contributed by atoms with Gasteiger partial charge >= 0.3 is 0 Å². The molecule has 0 bridgehead atoms. The number of nitrogens with zero attached hydrogens (tertiary/aromatic N) is 1. The summed E-state index contributed by atoms with van der Waals surface area (Å²) in [6.07, 6.45) is -0.592. The highest BCUT2D eigenvalue weighted by molar-refractivity contribution is 6.30. The maximum absolute atomic E-state index is 13.1. The Balaban J connectivity index is 1.99. The van der Waals surface area contributed by atoms with Crippen molar-refractivity contribution in [3.63, 3.8) is 0 Å². The summed E-state index contributed by atoms with van der Waals surface area (Å²) in [5.41, 5.74) is 2.45. The Morgan fingerprint density at radius 2 is 1.81 bits per heavy atom. The van der Waals surface area contributed by atoms with Crippen LogP contribution in [0.4, 0.5) is 0 Å². The normalized spacial score (nSPS) is 21.8. The summed E-state index contributed by atoms with van der Waals surface area (Å²) >= 11 is 5.99. The standard InChI is InChI=1S/C21H22ClNO3/c1-13-3-5-16(6-4-13)21(26)19-18(25)12-23(11-14(2)24)20(19)15-7-9-17(22)10-8-15/h3-10,14,19-20,24H,11-12H2,1-2H3. The van der Waals surface area contributed by atoms with E-state index < -0.39 is 18.1 Å². The molecule has 1 saturated heterocycles. The molecule has 4 nitrogen and oxygen atoms in total. The first-order valence-corrected chi connectivity index (χ1v) is 9.06. The van der Waals surface area contributed by atoms with Gasteiger partial charge in [0.15, 0.2) is 11.6 Å². The van der Waals surface area contributed by atoms with Gasteiger partial charge in [0.2, 0.25) is 0 Å². The number of likely N-dealkylation sites (tertiary alicyclic amines) is 1. The topological polar surface area (TPSA) is 57.6 Å². The van der Waals surface area contributed by atoms with Crippen LogP contribution >= 0.6 is 11.6 Å². The molecule has 2 aromatic carbocycles. The van der Waals surface area contributed by atoms with Gasteiger partial charge in [0.1, 0.15) is 5.92 Å². The fourth-order valence-electron chi connectivity index (χ4n) is 3.55. The van der Waals surface area contributed by atoms with Crippen LogP contribution in [0.25, 0.3) is 0 Å². The average molecular weight is 372 g/mol. The number of benzene rings is 2. The largest absolute Gasteiger partial charge is 0.392 e.